The van der Waals surface area contributed by atoms with Gasteiger partial charge in [-0.2, -0.15) is 0 Å². The van der Waals surface area contributed by atoms with E-state index in [1.165, 1.54) is 6.07 Å². The third kappa shape index (κ3) is 2.04. The molecule has 0 atom stereocenters. The van der Waals surface area contributed by atoms with E-state index in [4.69, 9.17) is 5.73 Å². The van der Waals surface area contributed by atoms with Crippen LogP contribution in [0.15, 0.2) is 12.1 Å². The lowest BCUT2D eigenvalue weighted by Gasteiger charge is -2.17. The maximum absolute atomic E-state index is 11.0. The normalized spacial score (nSPS) is 14.8. The van der Waals surface area contributed by atoms with Gasteiger partial charge in [0.05, 0.1) is 15.9 Å². The zero-order valence-corrected chi connectivity index (χ0v) is 9.54. The molecule has 0 saturated carbocycles. The third-order valence-electron chi connectivity index (χ3n) is 2.96. The summed E-state index contributed by atoms with van der Waals surface area (Å²) in [5, 5.41) is 21.7. The predicted octanol–water partition coefficient (Wildman–Crippen LogP) is 1.69. The Labute approximate surface area is 102 Å². The highest BCUT2D eigenvalue weighted by molar-refractivity contribution is 5.76. The van der Waals surface area contributed by atoms with Crippen molar-refractivity contribution in [3.63, 3.8) is 0 Å². The summed E-state index contributed by atoms with van der Waals surface area (Å²) in [6, 6.07) is 2.25. The van der Waals surface area contributed by atoms with Gasteiger partial charge in [0.2, 0.25) is 0 Å². The predicted molar refractivity (Wildman–Crippen MR) is 65.6 cm³/mol. The summed E-state index contributed by atoms with van der Waals surface area (Å²) in [5.41, 5.74) is 5.19. The maximum atomic E-state index is 11.0. The molecule has 0 unspecified atom stereocenters. The van der Waals surface area contributed by atoms with E-state index in [1.54, 1.807) is 0 Å². The molecule has 2 rings (SSSR count). The lowest BCUT2D eigenvalue weighted by Crippen LogP contribution is -2.19. The second kappa shape index (κ2) is 4.47. The average Bonchev–Trinajstić information content (AvgIpc) is 2.80. The minimum Gasteiger partial charge on any atom is -0.393 e. The highest BCUT2D eigenvalue weighted by atomic mass is 16.6. The molecule has 96 valence electrons. The van der Waals surface area contributed by atoms with Crippen molar-refractivity contribution in [3.05, 3.63) is 32.4 Å². The standard InChI is InChI=1S/C10H12N4O4/c11-7-5-9(12-3-1-2-4-12)10(14(17)18)6-8(7)13(15)16/h5-6H,1-4,11H2. The molecule has 0 radical (unpaired) electrons. The molecule has 0 amide bonds. The Morgan fingerprint density at radius 3 is 2.11 bits per heavy atom. The van der Waals surface area contributed by atoms with Gasteiger partial charge in [-0.1, -0.05) is 0 Å². The van der Waals surface area contributed by atoms with Crippen molar-refractivity contribution in [2.75, 3.05) is 23.7 Å². The van der Waals surface area contributed by atoms with Gasteiger partial charge in [-0.05, 0) is 18.9 Å². The first kappa shape index (κ1) is 12.1. The van der Waals surface area contributed by atoms with Crippen molar-refractivity contribution >= 4 is 22.7 Å². The van der Waals surface area contributed by atoms with Crippen LogP contribution in [0, 0.1) is 20.2 Å². The molecule has 0 bridgehead atoms. The maximum Gasteiger partial charge on any atom is 0.299 e. The second-order valence-corrected chi connectivity index (χ2v) is 4.11. The van der Waals surface area contributed by atoms with E-state index in [-0.39, 0.29) is 11.4 Å². The Hall–Kier alpha value is -2.38. The number of hydrogen-bond acceptors (Lipinski definition) is 6. The summed E-state index contributed by atoms with van der Waals surface area (Å²) in [5.74, 6) is 0. The second-order valence-electron chi connectivity index (χ2n) is 4.11. The fourth-order valence-electron chi connectivity index (χ4n) is 2.10. The van der Waals surface area contributed by atoms with Crippen molar-refractivity contribution in [1.82, 2.24) is 0 Å². The van der Waals surface area contributed by atoms with E-state index in [0.717, 1.165) is 18.9 Å². The molecular formula is C10H12N4O4. The average molecular weight is 252 g/mol. The highest BCUT2D eigenvalue weighted by Gasteiger charge is 2.27. The van der Waals surface area contributed by atoms with Crippen molar-refractivity contribution in [3.8, 4) is 0 Å². The monoisotopic (exact) mass is 252 g/mol. The van der Waals surface area contributed by atoms with Crippen LogP contribution in [0.4, 0.5) is 22.7 Å². The molecule has 2 N–H and O–H groups in total. The van der Waals surface area contributed by atoms with E-state index in [0.29, 0.717) is 18.8 Å². The summed E-state index contributed by atoms with van der Waals surface area (Å²) in [6.07, 6.45) is 1.90. The van der Waals surface area contributed by atoms with Gasteiger partial charge in [-0.25, -0.2) is 0 Å². The number of anilines is 2. The van der Waals surface area contributed by atoms with Gasteiger partial charge in [0.25, 0.3) is 11.4 Å². The molecule has 1 aliphatic heterocycles. The van der Waals surface area contributed by atoms with Crippen LogP contribution in [0.3, 0.4) is 0 Å². The number of nitro groups is 2. The number of nitro benzene ring substituents is 2. The van der Waals surface area contributed by atoms with Crippen LogP contribution in [-0.4, -0.2) is 22.9 Å². The quantitative estimate of drug-likeness (QED) is 0.497. The first-order chi connectivity index (χ1) is 8.50. The first-order valence-corrected chi connectivity index (χ1v) is 5.48. The molecule has 1 saturated heterocycles. The van der Waals surface area contributed by atoms with E-state index in [9.17, 15) is 20.2 Å². The first-order valence-electron chi connectivity index (χ1n) is 5.48. The van der Waals surface area contributed by atoms with E-state index in [2.05, 4.69) is 0 Å². The third-order valence-corrected chi connectivity index (χ3v) is 2.96. The Morgan fingerprint density at radius 2 is 1.61 bits per heavy atom. The topological polar surface area (TPSA) is 116 Å². The fraction of sp³-hybridized carbons (Fsp3) is 0.400. The van der Waals surface area contributed by atoms with Crippen molar-refractivity contribution in [2.24, 2.45) is 0 Å². The van der Waals surface area contributed by atoms with Crippen molar-refractivity contribution in [1.29, 1.82) is 0 Å². The highest BCUT2D eigenvalue weighted by Crippen LogP contribution is 2.37. The summed E-state index contributed by atoms with van der Waals surface area (Å²) in [7, 11) is 0. The molecule has 8 nitrogen and oxygen atoms in total. The van der Waals surface area contributed by atoms with E-state index >= 15 is 0 Å². The molecule has 8 heteroatoms. The van der Waals surface area contributed by atoms with Gasteiger partial charge >= 0.3 is 0 Å². The molecule has 0 aliphatic carbocycles. The molecule has 1 aromatic carbocycles. The molecule has 0 spiro atoms. The van der Waals surface area contributed by atoms with E-state index in [1.807, 2.05) is 4.90 Å². The smallest absolute Gasteiger partial charge is 0.299 e. The van der Waals surface area contributed by atoms with Crippen LogP contribution < -0.4 is 10.6 Å². The Kier molecular flexibility index (Phi) is 3.00. The van der Waals surface area contributed by atoms with Gasteiger partial charge in [0.1, 0.15) is 11.4 Å². The minimum atomic E-state index is -0.712. The van der Waals surface area contributed by atoms with Crippen LogP contribution in [0.1, 0.15) is 12.8 Å². The van der Waals surface area contributed by atoms with Crippen LogP contribution in [0.5, 0.6) is 0 Å². The summed E-state index contributed by atoms with van der Waals surface area (Å²) >= 11 is 0. The number of rotatable bonds is 3. The molecule has 18 heavy (non-hydrogen) atoms. The minimum absolute atomic E-state index is 0.0486. The molecular weight excluding hydrogens is 240 g/mol. The van der Waals surface area contributed by atoms with Crippen molar-refractivity contribution < 1.29 is 9.85 Å². The van der Waals surface area contributed by atoms with Crippen LogP contribution in [0.25, 0.3) is 0 Å². The summed E-state index contributed by atoms with van der Waals surface area (Å²) in [4.78, 5) is 22.2. The fourth-order valence-corrected chi connectivity index (χ4v) is 2.10. The van der Waals surface area contributed by atoms with Gasteiger partial charge in [-0.15, -0.1) is 0 Å². The van der Waals surface area contributed by atoms with Gasteiger partial charge in [-0.3, -0.25) is 20.2 Å². The van der Waals surface area contributed by atoms with E-state index < -0.39 is 15.5 Å². The number of nitrogen functional groups attached to an aromatic ring is 1. The zero-order chi connectivity index (χ0) is 13.3. The van der Waals surface area contributed by atoms with Gasteiger partial charge < -0.3 is 10.6 Å². The molecule has 1 aromatic rings. The van der Waals surface area contributed by atoms with Gasteiger partial charge in [0, 0.05) is 13.1 Å². The van der Waals surface area contributed by atoms with Crippen LogP contribution in [0.2, 0.25) is 0 Å². The Bertz CT molecular complexity index is 511. The number of nitrogens with zero attached hydrogens (tertiary/aromatic N) is 3. The largest absolute Gasteiger partial charge is 0.393 e. The Balaban J connectivity index is 2.54. The van der Waals surface area contributed by atoms with Crippen LogP contribution in [-0.2, 0) is 0 Å². The van der Waals surface area contributed by atoms with Crippen LogP contribution >= 0.6 is 0 Å². The molecule has 0 aromatic heterocycles. The number of benzene rings is 1. The van der Waals surface area contributed by atoms with Crippen molar-refractivity contribution in [2.45, 2.75) is 12.8 Å². The lowest BCUT2D eigenvalue weighted by atomic mass is 10.2. The Morgan fingerprint density at radius 1 is 1.06 bits per heavy atom. The molecule has 1 fully saturated rings. The SMILES string of the molecule is Nc1cc(N2CCCC2)c([N+](=O)[O-])cc1[N+](=O)[O-]. The summed E-state index contributed by atoms with van der Waals surface area (Å²) in [6.45, 7) is 1.41. The molecule has 1 aliphatic rings. The zero-order valence-electron chi connectivity index (χ0n) is 9.54. The summed E-state index contributed by atoms with van der Waals surface area (Å²) < 4.78 is 0. The van der Waals surface area contributed by atoms with Gasteiger partial charge in [0.15, 0.2) is 0 Å². The lowest BCUT2D eigenvalue weighted by molar-refractivity contribution is -0.393. The number of hydrogen-bond donors (Lipinski definition) is 1. The molecule has 1 heterocycles. The number of nitrogens with two attached hydrogens (primary N) is 1.